The first-order valence-corrected chi connectivity index (χ1v) is 3.51. The van der Waals surface area contributed by atoms with Gasteiger partial charge in [-0.05, 0) is 11.8 Å². The summed E-state index contributed by atoms with van der Waals surface area (Å²) in [5.74, 6) is 0.866. The molecule has 0 saturated carbocycles. The fourth-order valence-electron chi connectivity index (χ4n) is 0.366. The van der Waals surface area contributed by atoms with Crippen LogP contribution >= 0.6 is 35.3 Å². The second-order valence-corrected chi connectivity index (χ2v) is 3.40. The van der Waals surface area contributed by atoms with Crippen LogP contribution in [0.25, 0.3) is 0 Å². The zero-order valence-electron chi connectivity index (χ0n) is 3.53. The van der Waals surface area contributed by atoms with Crippen LogP contribution in [0.15, 0.2) is 0 Å². The predicted octanol–water partition coefficient (Wildman–Crippen LogP) is 1.87. The van der Waals surface area contributed by atoms with Gasteiger partial charge in [0.05, 0.1) is 5.38 Å². The Labute approximate surface area is 57.2 Å². The molecule has 1 rings (SSSR count). The van der Waals surface area contributed by atoms with Gasteiger partial charge in [0.1, 0.15) is 0 Å². The van der Waals surface area contributed by atoms with Crippen LogP contribution in [0.5, 0.6) is 0 Å². The van der Waals surface area contributed by atoms with E-state index in [0.29, 0.717) is 6.54 Å². The van der Waals surface area contributed by atoms with Crippen molar-refractivity contribution in [3.05, 3.63) is 5.38 Å². The number of hydrogen-bond donors (Lipinski definition) is 0. The van der Waals surface area contributed by atoms with E-state index in [-0.39, 0.29) is 0 Å². The topological polar surface area (TPSA) is 3.24 Å². The Morgan fingerprint density at radius 3 is 2.57 bits per heavy atom. The molecule has 1 heterocycles. The van der Waals surface area contributed by atoms with Crippen LogP contribution in [0, 0.1) is 5.38 Å². The average molecular weight is 157 g/mol. The number of nitrogens with zero attached hydrogens (tertiary/aromatic N) is 1. The van der Waals surface area contributed by atoms with Crippen molar-refractivity contribution in [2.24, 2.45) is 0 Å². The summed E-state index contributed by atoms with van der Waals surface area (Å²) >= 11 is 12.6. The zero-order chi connectivity index (χ0) is 5.28. The maximum Gasteiger partial charge on any atom is 0.0911 e. The molecule has 1 aliphatic rings. The molecule has 7 heavy (non-hydrogen) atoms. The van der Waals surface area contributed by atoms with Crippen LogP contribution in [-0.2, 0) is 0 Å². The maximum atomic E-state index is 5.58. The van der Waals surface area contributed by atoms with E-state index in [1.54, 1.807) is 3.82 Å². The molecular formula is C3H4Cl2NS. The van der Waals surface area contributed by atoms with E-state index in [4.69, 9.17) is 23.4 Å². The summed E-state index contributed by atoms with van der Waals surface area (Å²) in [7, 11) is 0. The Morgan fingerprint density at radius 1 is 1.71 bits per heavy atom. The van der Waals surface area contributed by atoms with Gasteiger partial charge in [-0.2, -0.15) is 3.82 Å². The predicted molar refractivity (Wildman–Crippen MR) is 34.1 cm³/mol. The van der Waals surface area contributed by atoms with E-state index in [1.165, 1.54) is 11.9 Å². The molecule has 0 spiro atoms. The minimum Gasteiger partial charge on any atom is -0.162 e. The standard InChI is InChI=1S/C3H4Cl2NS/c4-3-1-6(5)7-2-3/h1-2H2. The smallest absolute Gasteiger partial charge is 0.0911 e. The molecule has 1 aliphatic heterocycles. The molecule has 0 aromatic heterocycles. The van der Waals surface area contributed by atoms with E-state index >= 15 is 0 Å². The van der Waals surface area contributed by atoms with Crippen LogP contribution in [-0.4, -0.2) is 16.1 Å². The lowest BCUT2D eigenvalue weighted by atomic mass is 10.5. The van der Waals surface area contributed by atoms with Gasteiger partial charge < -0.3 is 0 Å². The quantitative estimate of drug-likeness (QED) is 0.390. The van der Waals surface area contributed by atoms with E-state index in [2.05, 4.69) is 0 Å². The summed E-state index contributed by atoms with van der Waals surface area (Å²) in [6.45, 7) is 0.716. The van der Waals surface area contributed by atoms with Crippen molar-refractivity contribution in [2.75, 3.05) is 12.3 Å². The fourth-order valence-corrected chi connectivity index (χ4v) is 1.67. The van der Waals surface area contributed by atoms with Gasteiger partial charge in [0.2, 0.25) is 0 Å². The molecule has 0 aliphatic carbocycles. The lowest BCUT2D eigenvalue weighted by Crippen LogP contribution is -1.97. The van der Waals surface area contributed by atoms with E-state index < -0.39 is 0 Å². The first-order chi connectivity index (χ1) is 3.29. The van der Waals surface area contributed by atoms with Gasteiger partial charge in [0.15, 0.2) is 0 Å². The number of rotatable bonds is 0. The Morgan fingerprint density at radius 2 is 2.43 bits per heavy atom. The van der Waals surface area contributed by atoms with Crippen molar-refractivity contribution in [2.45, 2.75) is 0 Å². The largest absolute Gasteiger partial charge is 0.162 e. The molecule has 0 aromatic carbocycles. The zero-order valence-corrected chi connectivity index (χ0v) is 5.85. The van der Waals surface area contributed by atoms with Crippen molar-refractivity contribution in [3.63, 3.8) is 0 Å². The summed E-state index contributed by atoms with van der Waals surface area (Å²) < 4.78 is 1.60. The molecular weight excluding hydrogens is 153 g/mol. The van der Waals surface area contributed by atoms with E-state index in [9.17, 15) is 0 Å². The summed E-state index contributed by atoms with van der Waals surface area (Å²) in [6.07, 6.45) is 0. The molecule has 1 radical (unpaired) electrons. The Bertz CT molecular complexity index is 62.0. The van der Waals surface area contributed by atoms with Crippen molar-refractivity contribution in [1.29, 1.82) is 0 Å². The third-order valence-electron chi connectivity index (χ3n) is 0.657. The molecule has 0 aromatic rings. The van der Waals surface area contributed by atoms with Crippen molar-refractivity contribution < 1.29 is 0 Å². The molecule has 0 atom stereocenters. The summed E-state index contributed by atoms with van der Waals surface area (Å²) in [6, 6.07) is 0. The highest BCUT2D eigenvalue weighted by molar-refractivity contribution is 7.98. The lowest BCUT2D eigenvalue weighted by molar-refractivity contribution is 0.808. The van der Waals surface area contributed by atoms with Crippen LogP contribution in [0.3, 0.4) is 0 Å². The van der Waals surface area contributed by atoms with Crippen molar-refractivity contribution in [1.82, 2.24) is 3.82 Å². The van der Waals surface area contributed by atoms with E-state index in [1.807, 2.05) is 0 Å². The second-order valence-electron chi connectivity index (χ2n) is 1.27. The molecule has 1 saturated heterocycles. The van der Waals surface area contributed by atoms with Crippen LogP contribution in [0.1, 0.15) is 0 Å². The van der Waals surface area contributed by atoms with Crippen molar-refractivity contribution >= 4 is 35.3 Å². The van der Waals surface area contributed by atoms with Gasteiger partial charge >= 0.3 is 0 Å². The number of halogens is 2. The summed E-state index contributed by atoms with van der Waals surface area (Å²) in [5, 5.41) is 0.931. The Balaban J connectivity index is 2.26. The second kappa shape index (κ2) is 2.44. The highest BCUT2D eigenvalue weighted by Gasteiger charge is 2.19. The highest BCUT2D eigenvalue weighted by atomic mass is 35.5. The highest BCUT2D eigenvalue weighted by Crippen LogP contribution is 2.30. The third-order valence-corrected chi connectivity index (χ3v) is 2.37. The Hall–Kier alpha value is 0.890. The fraction of sp³-hybridized carbons (Fsp3) is 0.667. The molecule has 1 nitrogen and oxygen atoms in total. The van der Waals surface area contributed by atoms with Gasteiger partial charge in [-0.3, -0.25) is 0 Å². The average Bonchev–Trinajstić information content (AvgIpc) is 1.87. The first-order valence-electron chi connectivity index (χ1n) is 1.85. The number of hydrogen-bond acceptors (Lipinski definition) is 2. The molecule has 0 amide bonds. The van der Waals surface area contributed by atoms with E-state index in [0.717, 1.165) is 11.1 Å². The molecule has 0 bridgehead atoms. The molecule has 4 heteroatoms. The maximum absolute atomic E-state index is 5.58. The normalized spacial score (nSPS) is 26.6. The molecule has 0 unspecified atom stereocenters. The molecule has 0 N–H and O–H groups in total. The summed E-state index contributed by atoms with van der Waals surface area (Å²) in [4.78, 5) is 0. The molecule has 41 valence electrons. The monoisotopic (exact) mass is 156 g/mol. The van der Waals surface area contributed by atoms with Gasteiger partial charge in [-0.15, -0.1) is 11.6 Å². The lowest BCUT2D eigenvalue weighted by Gasteiger charge is -1.95. The SMILES string of the molecule is Cl[C]1CSN(Cl)C1. The van der Waals surface area contributed by atoms with Gasteiger partial charge in [-0.25, -0.2) is 0 Å². The summed E-state index contributed by atoms with van der Waals surface area (Å²) in [5.41, 5.74) is 0. The third kappa shape index (κ3) is 1.68. The van der Waals surface area contributed by atoms with Crippen LogP contribution in [0.4, 0.5) is 0 Å². The van der Waals surface area contributed by atoms with Crippen LogP contribution in [0.2, 0.25) is 0 Å². The van der Waals surface area contributed by atoms with Gasteiger partial charge in [0, 0.05) is 12.3 Å². The molecule has 1 fully saturated rings. The van der Waals surface area contributed by atoms with Gasteiger partial charge in [0.25, 0.3) is 0 Å². The van der Waals surface area contributed by atoms with Crippen molar-refractivity contribution in [3.8, 4) is 0 Å². The first kappa shape index (κ1) is 6.02. The van der Waals surface area contributed by atoms with Gasteiger partial charge in [-0.1, -0.05) is 11.9 Å². The van der Waals surface area contributed by atoms with Crippen LogP contribution < -0.4 is 0 Å². The minimum absolute atomic E-state index is 0.716. The minimum atomic E-state index is 0.716. The Kier molecular flexibility index (Phi) is 2.10.